The maximum atomic E-state index is 5.35. The van der Waals surface area contributed by atoms with Crippen molar-refractivity contribution in [3.05, 3.63) is 45.4 Å². The van der Waals surface area contributed by atoms with E-state index in [0.717, 1.165) is 29.0 Å². The molecule has 1 unspecified atom stereocenters. The molecule has 27 heavy (non-hydrogen) atoms. The fraction of sp³-hybridized carbons (Fsp3) is 0.474. The van der Waals surface area contributed by atoms with Crippen LogP contribution in [-0.2, 0) is 6.54 Å². The summed E-state index contributed by atoms with van der Waals surface area (Å²) in [6.45, 7) is 5.54. The average molecular weight is 503 g/mol. The largest absolute Gasteiger partial charge is 0.497 e. The predicted octanol–water partition coefficient (Wildman–Crippen LogP) is 3.35. The first-order valence-corrected chi connectivity index (χ1v) is 9.44. The van der Waals surface area contributed by atoms with Crippen molar-refractivity contribution in [3.63, 3.8) is 0 Å². The molecule has 0 fully saturated rings. The fourth-order valence-electron chi connectivity index (χ4n) is 2.64. The molecule has 8 heteroatoms. The van der Waals surface area contributed by atoms with E-state index in [1.54, 1.807) is 25.5 Å². The maximum absolute atomic E-state index is 5.35. The number of ether oxygens (including phenoxy) is 1. The first-order chi connectivity index (χ1) is 12.4. The second kappa shape index (κ2) is 11.5. The molecule has 0 amide bonds. The number of hydrogen-bond donors (Lipinski definition) is 2. The van der Waals surface area contributed by atoms with Gasteiger partial charge in [-0.1, -0.05) is 12.1 Å². The van der Waals surface area contributed by atoms with Crippen molar-refractivity contribution in [2.24, 2.45) is 4.99 Å². The summed E-state index contributed by atoms with van der Waals surface area (Å²) < 4.78 is 5.35. The summed E-state index contributed by atoms with van der Waals surface area (Å²) in [5.41, 5.74) is 2.30. The van der Waals surface area contributed by atoms with Gasteiger partial charge < -0.3 is 20.3 Å². The third kappa shape index (κ3) is 6.93. The van der Waals surface area contributed by atoms with Gasteiger partial charge in [0.05, 0.1) is 25.4 Å². The molecule has 0 saturated heterocycles. The van der Waals surface area contributed by atoms with Crippen LogP contribution in [0.25, 0.3) is 0 Å². The van der Waals surface area contributed by atoms with Crippen molar-refractivity contribution in [1.82, 2.24) is 20.5 Å². The molecule has 1 atom stereocenters. The Kier molecular flexibility index (Phi) is 10.0. The quantitative estimate of drug-likeness (QED) is 0.345. The first-order valence-electron chi connectivity index (χ1n) is 8.62. The number of nitrogens with zero attached hydrogens (tertiary/aromatic N) is 3. The highest BCUT2D eigenvalue weighted by Gasteiger charge is 2.15. The Hall–Kier alpha value is -1.39. The van der Waals surface area contributed by atoms with E-state index in [1.165, 1.54) is 10.4 Å². The number of rotatable bonds is 7. The van der Waals surface area contributed by atoms with Crippen LogP contribution in [0.3, 0.4) is 0 Å². The van der Waals surface area contributed by atoms with Crippen LogP contribution in [-0.4, -0.2) is 50.6 Å². The first kappa shape index (κ1) is 23.6. The van der Waals surface area contributed by atoms with Crippen molar-refractivity contribution in [1.29, 1.82) is 0 Å². The molecule has 2 N–H and O–H groups in total. The second-order valence-electron chi connectivity index (χ2n) is 6.31. The number of guanidine groups is 1. The van der Waals surface area contributed by atoms with Crippen LogP contribution in [0.5, 0.6) is 5.75 Å². The van der Waals surface area contributed by atoms with Gasteiger partial charge in [0, 0.05) is 18.5 Å². The summed E-state index contributed by atoms with van der Waals surface area (Å²) in [4.78, 5) is 12.3. The van der Waals surface area contributed by atoms with Gasteiger partial charge in [-0.2, -0.15) is 0 Å². The van der Waals surface area contributed by atoms with E-state index in [0.29, 0.717) is 6.54 Å². The van der Waals surface area contributed by atoms with Crippen molar-refractivity contribution >= 4 is 41.3 Å². The number of aryl methyl sites for hydroxylation is 2. The normalized spacial score (nSPS) is 12.5. The summed E-state index contributed by atoms with van der Waals surface area (Å²) in [7, 11) is 7.62. The highest BCUT2D eigenvalue weighted by Crippen LogP contribution is 2.22. The van der Waals surface area contributed by atoms with E-state index in [-0.39, 0.29) is 30.0 Å². The van der Waals surface area contributed by atoms with Gasteiger partial charge in [0.1, 0.15) is 10.8 Å². The molecular formula is C19H30IN5OS. The van der Waals surface area contributed by atoms with Gasteiger partial charge in [-0.15, -0.1) is 35.3 Å². The van der Waals surface area contributed by atoms with Gasteiger partial charge in [0.25, 0.3) is 0 Å². The molecule has 0 bridgehead atoms. The van der Waals surface area contributed by atoms with E-state index in [9.17, 15) is 0 Å². The van der Waals surface area contributed by atoms with Gasteiger partial charge in [-0.25, -0.2) is 4.98 Å². The monoisotopic (exact) mass is 503 g/mol. The number of benzene rings is 1. The molecule has 0 aliphatic heterocycles. The van der Waals surface area contributed by atoms with E-state index in [1.807, 2.05) is 19.1 Å². The Morgan fingerprint density at radius 1 is 1.30 bits per heavy atom. The number of nitrogens with one attached hydrogen (secondary N) is 2. The molecular weight excluding hydrogens is 473 g/mol. The zero-order valence-corrected chi connectivity index (χ0v) is 20.0. The molecule has 1 aromatic carbocycles. The molecule has 0 aliphatic carbocycles. The number of methoxy groups -OCH3 is 1. The molecule has 0 radical (unpaired) electrons. The summed E-state index contributed by atoms with van der Waals surface area (Å²) in [5.74, 6) is 1.64. The number of aromatic nitrogens is 1. The van der Waals surface area contributed by atoms with Crippen LogP contribution in [0, 0.1) is 13.8 Å². The zero-order chi connectivity index (χ0) is 19.1. The Labute approximate surface area is 183 Å². The van der Waals surface area contributed by atoms with Crippen LogP contribution in [0.1, 0.15) is 27.2 Å². The summed E-state index contributed by atoms with van der Waals surface area (Å²) in [6.07, 6.45) is 0. The van der Waals surface area contributed by atoms with E-state index in [2.05, 4.69) is 58.7 Å². The SMILES string of the molecule is CN=C(NCc1nc(C)c(C)s1)NCC(c1cccc(OC)c1)N(C)C.I. The van der Waals surface area contributed by atoms with Crippen LogP contribution in [0.2, 0.25) is 0 Å². The fourth-order valence-corrected chi connectivity index (χ4v) is 3.51. The standard InChI is InChI=1S/C19H29N5OS.HI/c1-13-14(2)26-18(23-13)12-22-19(20-3)21-11-17(24(4)5)15-8-7-9-16(10-15)25-6;/h7-10,17H,11-12H2,1-6H3,(H2,20,21,22);1H. The average Bonchev–Trinajstić information content (AvgIpc) is 2.95. The van der Waals surface area contributed by atoms with Crippen LogP contribution in [0.15, 0.2) is 29.3 Å². The molecule has 2 rings (SSSR count). The summed E-state index contributed by atoms with van der Waals surface area (Å²) in [5, 5.41) is 7.82. The molecule has 1 heterocycles. The minimum Gasteiger partial charge on any atom is -0.497 e. The molecule has 2 aromatic rings. The number of thiazole rings is 1. The number of hydrogen-bond acceptors (Lipinski definition) is 5. The third-order valence-corrected chi connectivity index (χ3v) is 5.34. The zero-order valence-electron chi connectivity index (χ0n) is 16.9. The minimum absolute atomic E-state index is 0. The van der Waals surface area contributed by atoms with Gasteiger partial charge in [-0.05, 0) is 45.6 Å². The Morgan fingerprint density at radius 2 is 2.04 bits per heavy atom. The van der Waals surface area contributed by atoms with Crippen molar-refractivity contribution < 1.29 is 4.74 Å². The maximum Gasteiger partial charge on any atom is 0.191 e. The van der Waals surface area contributed by atoms with Gasteiger partial charge in [-0.3, -0.25) is 4.99 Å². The Bertz CT molecular complexity index is 728. The van der Waals surface area contributed by atoms with Crippen LogP contribution < -0.4 is 15.4 Å². The van der Waals surface area contributed by atoms with E-state index < -0.39 is 0 Å². The molecule has 0 saturated carbocycles. The number of aliphatic imine (C=N–C) groups is 1. The van der Waals surface area contributed by atoms with E-state index in [4.69, 9.17) is 4.74 Å². The van der Waals surface area contributed by atoms with Crippen LogP contribution >= 0.6 is 35.3 Å². The lowest BCUT2D eigenvalue weighted by Gasteiger charge is -2.26. The van der Waals surface area contributed by atoms with Gasteiger partial charge in [0.2, 0.25) is 0 Å². The second-order valence-corrected chi connectivity index (χ2v) is 7.60. The molecule has 0 aliphatic rings. The molecule has 150 valence electrons. The molecule has 0 spiro atoms. The van der Waals surface area contributed by atoms with Crippen molar-refractivity contribution in [3.8, 4) is 5.75 Å². The molecule has 1 aromatic heterocycles. The third-order valence-electron chi connectivity index (χ3n) is 4.27. The lowest BCUT2D eigenvalue weighted by molar-refractivity contribution is 0.297. The molecule has 6 nitrogen and oxygen atoms in total. The topological polar surface area (TPSA) is 61.8 Å². The van der Waals surface area contributed by atoms with Crippen molar-refractivity contribution in [2.45, 2.75) is 26.4 Å². The highest BCUT2D eigenvalue weighted by molar-refractivity contribution is 14.0. The van der Waals surface area contributed by atoms with Gasteiger partial charge >= 0.3 is 0 Å². The lowest BCUT2D eigenvalue weighted by Crippen LogP contribution is -2.41. The highest BCUT2D eigenvalue weighted by atomic mass is 127. The minimum atomic E-state index is 0. The lowest BCUT2D eigenvalue weighted by atomic mass is 10.1. The van der Waals surface area contributed by atoms with Crippen molar-refractivity contribution in [2.75, 3.05) is 34.8 Å². The Morgan fingerprint density at radius 3 is 2.59 bits per heavy atom. The number of halogens is 1. The smallest absolute Gasteiger partial charge is 0.191 e. The predicted molar refractivity (Wildman–Crippen MR) is 125 cm³/mol. The summed E-state index contributed by atoms with van der Waals surface area (Å²) in [6, 6.07) is 8.37. The summed E-state index contributed by atoms with van der Waals surface area (Å²) >= 11 is 1.72. The number of likely N-dealkylation sites (N-methyl/N-ethyl adjacent to an activating group) is 1. The Balaban J connectivity index is 0.00000364. The van der Waals surface area contributed by atoms with Gasteiger partial charge in [0.15, 0.2) is 5.96 Å². The van der Waals surface area contributed by atoms with Crippen LogP contribution in [0.4, 0.5) is 0 Å². The van der Waals surface area contributed by atoms with E-state index >= 15 is 0 Å².